The summed E-state index contributed by atoms with van der Waals surface area (Å²) in [5.41, 5.74) is 1.65. The summed E-state index contributed by atoms with van der Waals surface area (Å²) in [7, 11) is 0. The van der Waals surface area contributed by atoms with Gasteiger partial charge < -0.3 is 9.47 Å². The summed E-state index contributed by atoms with van der Waals surface area (Å²) in [6.07, 6.45) is -0.132. The van der Waals surface area contributed by atoms with Crippen LogP contribution in [0.15, 0.2) is 42.5 Å². The van der Waals surface area contributed by atoms with Crippen molar-refractivity contribution in [3.8, 4) is 17.6 Å². The number of fused-ring (bicyclic) bond motifs is 1. The van der Waals surface area contributed by atoms with Crippen molar-refractivity contribution in [1.29, 1.82) is 5.26 Å². The Hall–Kier alpha value is -2.47. The van der Waals surface area contributed by atoms with Crippen molar-refractivity contribution in [3.05, 3.63) is 59.7 Å². The maximum Gasteiger partial charge on any atom is 0.162 e. The molecular formula is C15H10NO2. The lowest BCUT2D eigenvalue weighted by Gasteiger charge is -2.26. The zero-order valence-corrected chi connectivity index (χ0v) is 9.59. The van der Waals surface area contributed by atoms with Crippen LogP contribution < -0.4 is 9.47 Å². The van der Waals surface area contributed by atoms with E-state index < -0.39 is 0 Å². The van der Waals surface area contributed by atoms with Crippen LogP contribution in [0.5, 0.6) is 11.5 Å². The average Bonchev–Trinajstić information content (AvgIpc) is 2.47. The smallest absolute Gasteiger partial charge is 0.162 e. The molecule has 3 rings (SSSR count). The van der Waals surface area contributed by atoms with Gasteiger partial charge in [0.1, 0.15) is 6.61 Å². The van der Waals surface area contributed by atoms with Crippen molar-refractivity contribution in [2.75, 3.05) is 6.61 Å². The third kappa shape index (κ3) is 1.89. The van der Waals surface area contributed by atoms with Gasteiger partial charge in [-0.05, 0) is 35.9 Å². The fourth-order valence-electron chi connectivity index (χ4n) is 1.90. The average molecular weight is 236 g/mol. The standard InChI is InChI=1S/C15H10NO2/c16-9-11-5-7-12(8-6-11)15-10-17-13-3-1-2-4-14(13)18-15/h2-8,15H,10H2. The summed E-state index contributed by atoms with van der Waals surface area (Å²) in [5, 5.41) is 8.76. The van der Waals surface area contributed by atoms with Crippen LogP contribution in [-0.4, -0.2) is 6.61 Å². The van der Waals surface area contributed by atoms with E-state index in [0.717, 1.165) is 17.1 Å². The lowest BCUT2D eigenvalue weighted by molar-refractivity contribution is 0.0912. The summed E-state index contributed by atoms with van der Waals surface area (Å²) in [4.78, 5) is 0. The van der Waals surface area contributed by atoms with Gasteiger partial charge >= 0.3 is 0 Å². The molecule has 0 N–H and O–H groups in total. The number of nitrogens with zero attached hydrogens (tertiary/aromatic N) is 1. The summed E-state index contributed by atoms with van der Waals surface area (Å²) in [6.45, 7) is 0.469. The fourth-order valence-corrected chi connectivity index (χ4v) is 1.90. The van der Waals surface area contributed by atoms with Gasteiger partial charge in [-0.1, -0.05) is 18.2 Å². The molecule has 2 aromatic rings. The second-order valence-corrected chi connectivity index (χ2v) is 4.02. The van der Waals surface area contributed by atoms with Gasteiger partial charge in [0.2, 0.25) is 0 Å². The number of rotatable bonds is 1. The van der Waals surface area contributed by atoms with E-state index >= 15 is 0 Å². The SMILES string of the molecule is N#Cc1ccc(C2COc3c[c]ccc3O2)cc1. The molecule has 0 aliphatic carbocycles. The molecule has 2 aromatic carbocycles. The lowest BCUT2D eigenvalue weighted by atomic mass is 10.1. The largest absolute Gasteiger partial charge is 0.485 e. The van der Waals surface area contributed by atoms with E-state index in [9.17, 15) is 0 Å². The number of nitriles is 1. The molecule has 3 nitrogen and oxygen atoms in total. The predicted octanol–water partition coefficient (Wildman–Crippen LogP) is 2.87. The molecule has 0 spiro atoms. The molecule has 0 bridgehead atoms. The third-order valence-electron chi connectivity index (χ3n) is 2.86. The normalized spacial score (nSPS) is 16.9. The van der Waals surface area contributed by atoms with Crippen LogP contribution in [0.25, 0.3) is 0 Å². The van der Waals surface area contributed by atoms with E-state index in [1.54, 1.807) is 24.3 Å². The Labute approximate surface area is 105 Å². The van der Waals surface area contributed by atoms with Crippen molar-refractivity contribution in [3.63, 3.8) is 0 Å². The van der Waals surface area contributed by atoms with Gasteiger partial charge in [-0.15, -0.1) is 0 Å². The quantitative estimate of drug-likeness (QED) is 0.764. The minimum atomic E-state index is -0.132. The minimum Gasteiger partial charge on any atom is -0.485 e. The van der Waals surface area contributed by atoms with Gasteiger partial charge in [0.15, 0.2) is 17.6 Å². The molecule has 0 aromatic heterocycles. The van der Waals surface area contributed by atoms with Crippen LogP contribution in [0.2, 0.25) is 0 Å². The van der Waals surface area contributed by atoms with Gasteiger partial charge in [-0.25, -0.2) is 0 Å². The number of ether oxygens (including phenoxy) is 2. The van der Waals surface area contributed by atoms with Crippen LogP contribution in [0.4, 0.5) is 0 Å². The highest BCUT2D eigenvalue weighted by molar-refractivity contribution is 5.41. The lowest BCUT2D eigenvalue weighted by Crippen LogP contribution is -2.21. The molecule has 1 atom stereocenters. The molecular weight excluding hydrogens is 226 g/mol. The van der Waals surface area contributed by atoms with Crippen molar-refractivity contribution >= 4 is 0 Å². The van der Waals surface area contributed by atoms with E-state index in [4.69, 9.17) is 14.7 Å². The fraction of sp³-hybridized carbons (Fsp3) is 0.133. The number of hydrogen-bond acceptors (Lipinski definition) is 3. The summed E-state index contributed by atoms with van der Waals surface area (Å²) in [5.74, 6) is 1.46. The van der Waals surface area contributed by atoms with Crippen molar-refractivity contribution in [2.24, 2.45) is 0 Å². The Morgan fingerprint density at radius 2 is 2.00 bits per heavy atom. The Morgan fingerprint density at radius 3 is 2.78 bits per heavy atom. The van der Waals surface area contributed by atoms with Crippen LogP contribution in [0.3, 0.4) is 0 Å². The maximum absolute atomic E-state index is 8.76. The van der Waals surface area contributed by atoms with Crippen LogP contribution >= 0.6 is 0 Å². The summed E-state index contributed by atoms with van der Waals surface area (Å²) < 4.78 is 11.5. The van der Waals surface area contributed by atoms with Gasteiger partial charge in [0.05, 0.1) is 11.6 Å². The van der Waals surface area contributed by atoms with Gasteiger partial charge in [-0.2, -0.15) is 5.26 Å². The van der Waals surface area contributed by atoms with Crippen molar-refractivity contribution in [1.82, 2.24) is 0 Å². The molecule has 0 amide bonds. The number of hydrogen-bond donors (Lipinski definition) is 0. The van der Waals surface area contributed by atoms with Gasteiger partial charge in [0, 0.05) is 0 Å². The van der Waals surface area contributed by atoms with E-state index in [0.29, 0.717) is 12.2 Å². The molecule has 0 fully saturated rings. The van der Waals surface area contributed by atoms with Crippen LogP contribution in [0, 0.1) is 17.4 Å². The monoisotopic (exact) mass is 236 g/mol. The molecule has 1 aliphatic heterocycles. The topological polar surface area (TPSA) is 42.2 Å². The second kappa shape index (κ2) is 4.42. The summed E-state index contributed by atoms with van der Waals surface area (Å²) in [6, 6.07) is 17.8. The molecule has 0 saturated heterocycles. The van der Waals surface area contributed by atoms with E-state index in [2.05, 4.69) is 12.1 Å². The first kappa shape index (κ1) is 10.7. The zero-order chi connectivity index (χ0) is 12.4. The molecule has 87 valence electrons. The first-order valence-corrected chi connectivity index (χ1v) is 5.66. The minimum absolute atomic E-state index is 0.132. The number of benzene rings is 2. The first-order chi connectivity index (χ1) is 8.86. The molecule has 1 heterocycles. The Morgan fingerprint density at radius 1 is 1.17 bits per heavy atom. The third-order valence-corrected chi connectivity index (χ3v) is 2.86. The molecule has 1 unspecified atom stereocenters. The van der Waals surface area contributed by atoms with Crippen LogP contribution in [-0.2, 0) is 0 Å². The second-order valence-electron chi connectivity index (χ2n) is 4.02. The summed E-state index contributed by atoms with van der Waals surface area (Å²) >= 11 is 0. The van der Waals surface area contributed by atoms with Gasteiger partial charge in [-0.3, -0.25) is 0 Å². The molecule has 3 heteroatoms. The van der Waals surface area contributed by atoms with Crippen molar-refractivity contribution in [2.45, 2.75) is 6.10 Å². The maximum atomic E-state index is 8.76. The Kier molecular flexibility index (Phi) is 2.62. The molecule has 1 aliphatic rings. The molecule has 18 heavy (non-hydrogen) atoms. The molecule has 0 saturated carbocycles. The zero-order valence-electron chi connectivity index (χ0n) is 9.59. The van der Waals surface area contributed by atoms with E-state index in [1.807, 2.05) is 18.2 Å². The highest BCUT2D eigenvalue weighted by atomic mass is 16.6. The highest BCUT2D eigenvalue weighted by Crippen LogP contribution is 2.35. The van der Waals surface area contributed by atoms with Gasteiger partial charge in [0.25, 0.3) is 0 Å². The first-order valence-electron chi connectivity index (χ1n) is 5.66. The Bertz CT molecular complexity index is 599. The Balaban J connectivity index is 1.85. The highest BCUT2D eigenvalue weighted by Gasteiger charge is 2.21. The van der Waals surface area contributed by atoms with E-state index in [1.165, 1.54) is 0 Å². The predicted molar refractivity (Wildman–Crippen MR) is 65.3 cm³/mol. The van der Waals surface area contributed by atoms with Crippen LogP contribution in [0.1, 0.15) is 17.2 Å². The molecule has 1 radical (unpaired) electrons. The van der Waals surface area contributed by atoms with Crippen molar-refractivity contribution < 1.29 is 9.47 Å². The van der Waals surface area contributed by atoms with E-state index in [-0.39, 0.29) is 6.10 Å².